The van der Waals surface area contributed by atoms with Crippen molar-refractivity contribution in [2.24, 2.45) is 5.92 Å². The van der Waals surface area contributed by atoms with Crippen molar-refractivity contribution in [1.29, 1.82) is 0 Å². The van der Waals surface area contributed by atoms with Crippen LogP contribution in [0.1, 0.15) is 58.6 Å². The molecular formula is C32H31F2N4O3S2+. The molecular weight excluding hydrogens is 591 g/mol. The summed E-state index contributed by atoms with van der Waals surface area (Å²) in [6.45, 7) is 2.61. The Bertz CT molecular complexity index is 1720. The van der Waals surface area contributed by atoms with Gasteiger partial charge in [-0.3, -0.25) is 4.90 Å². The van der Waals surface area contributed by atoms with E-state index in [0.29, 0.717) is 52.2 Å². The van der Waals surface area contributed by atoms with Gasteiger partial charge in [0.2, 0.25) is 10.0 Å². The lowest BCUT2D eigenvalue weighted by Gasteiger charge is -2.09. The maximum absolute atomic E-state index is 14.9. The zero-order valence-corrected chi connectivity index (χ0v) is 25.4. The number of halogens is 2. The minimum absolute atomic E-state index is 0.0525. The van der Waals surface area contributed by atoms with E-state index in [1.165, 1.54) is 36.0 Å². The van der Waals surface area contributed by atoms with E-state index in [-0.39, 0.29) is 17.1 Å². The first-order valence-electron chi connectivity index (χ1n) is 14.2. The maximum Gasteiger partial charge on any atom is 0.355 e. The zero-order chi connectivity index (χ0) is 29.9. The molecule has 2 aliphatic rings. The van der Waals surface area contributed by atoms with Gasteiger partial charge in [0.05, 0.1) is 30.6 Å². The van der Waals surface area contributed by atoms with Crippen LogP contribution in [0.4, 0.5) is 8.78 Å². The Morgan fingerprint density at radius 2 is 1.98 bits per heavy atom. The Morgan fingerprint density at radius 1 is 1.16 bits per heavy atom. The molecule has 6 rings (SSSR count). The third kappa shape index (κ3) is 6.83. The molecule has 43 heavy (non-hydrogen) atoms. The SMILES string of the molecule is CO[SH+]c1ccc(Cc2c(-c3ccc(F)c(C#CCN4CCCC4)c3)nn(-c3nc(C(=O)O)cs3)c2CC2CC2)cc1F. The summed E-state index contributed by atoms with van der Waals surface area (Å²) in [7, 11) is 1.52. The van der Waals surface area contributed by atoms with E-state index < -0.39 is 11.8 Å². The van der Waals surface area contributed by atoms with Crippen molar-refractivity contribution in [3.63, 3.8) is 0 Å². The number of carboxylic acid groups (broad SMARTS) is 1. The molecule has 4 aromatic rings. The molecule has 11 heteroatoms. The third-order valence-electron chi connectivity index (χ3n) is 7.71. The van der Waals surface area contributed by atoms with E-state index in [1.54, 1.807) is 22.9 Å². The van der Waals surface area contributed by atoms with Gasteiger partial charge in [-0.05, 0) is 87.0 Å². The molecule has 7 nitrogen and oxygen atoms in total. The Balaban J connectivity index is 1.45. The normalized spacial score (nSPS) is 15.0. The van der Waals surface area contributed by atoms with Crippen LogP contribution in [0, 0.1) is 29.4 Å². The van der Waals surface area contributed by atoms with Gasteiger partial charge in [-0.25, -0.2) is 23.2 Å². The second-order valence-corrected chi connectivity index (χ2v) is 12.7. The van der Waals surface area contributed by atoms with Crippen molar-refractivity contribution in [2.75, 3.05) is 26.7 Å². The summed E-state index contributed by atoms with van der Waals surface area (Å²) >= 11 is 1.64. The summed E-state index contributed by atoms with van der Waals surface area (Å²) in [4.78, 5) is 18.7. The number of hydrogen-bond donors (Lipinski definition) is 1. The Morgan fingerprint density at radius 3 is 2.67 bits per heavy atom. The number of carboxylic acids is 1. The largest absolute Gasteiger partial charge is 0.476 e. The highest BCUT2D eigenvalue weighted by atomic mass is 32.2. The highest BCUT2D eigenvalue weighted by Gasteiger charge is 2.30. The molecule has 1 saturated carbocycles. The minimum atomic E-state index is -1.11. The average Bonchev–Trinajstić information content (AvgIpc) is 3.34. The Hall–Kier alpha value is -3.56. The zero-order valence-electron chi connectivity index (χ0n) is 23.6. The second-order valence-electron chi connectivity index (χ2n) is 10.9. The van der Waals surface area contributed by atoms with Crippen LogP contribution in [0.15, 0.2) is 46.7 Å². The van der Waals surface area contributed by atoms with Crippen molar-refractivity contribution >= 4 is 29.3 Å². The summed E-state index contributed by atoms with van der Waals surface area (Å²) in [5.41, 5.74) is 4.06. The monoisotopic (exact) mass is 621 g/mol. The van der Waals surface area contributed by atoms with E-state index >= 15 is 0 Å². The highest BCUT2D eigenvalue weighted by Crippen LogP contribution is 2.38. The number of benzene rings is 2. The fourth-order valence-corrected chi connectivity index (χ4v) is 6.57. The lowest BCUT2D eigenvalue weighted by molar-refractivity contribution is 0.0691. The lowest BCUT2D eigenvalue weighted by Crippen LogP contribution is -2.18. The summed E-state index contributed by atoms with van der Waals surface area (Å²) in [6.07, 6.45) is 5.59. The van der Waals surface area contributed by atoms with E-state index in [2.05, 4.69) is 21.7 Å². The smallest absolute Gasteiger partial charge is 0.355 e. The van der Waals surface area contributed by atoms with Crippen molar-refractivity contribution in [3.05, 3.63) is 81.5 Å². The number of rotatable bonds is 10. The van der Waals surface area contributed by atoms with Crippen molar-refractivity contribution < 1.29 is 22.9 Å². The van der Waals surface area contributed by atoms with Crippen LogP contribution in [0.3, 0.4) is 0 Å². The van der Waals surface area contributed by atoms with Gasteiger partial charge >= 0.3 is 5.97 Å². The molecule has 1 aliphatic carbocycles. The van der Waals surface area contributed by atoms with Crippen LogP contribution in [-0.2, 0) is 29.1 Å². The first kappa shape index (κ1) is 29.5. The predicted molar refractivity (Wildman–Crippen MR) is 164 cm³/mol. The van der Waals surface area contributed by atoms with Crippen LogP contribution in [0.5, 0.6) is 0 Å². The van der Waals surface area contributed by atoms with Crippen LogP contribution in [-0.4, -0.2) is 57.5 Å². The molecule has 2 aromatic carbocycles. The fraction of sp³-hybridized carbons (Fsp3) is 0.344. The number of hydrogen-bond acceptors (Lipinski definition) is 6. The van der Waals surface area contributed by atoms with Gasteiger partial charge in [-0.1, -0.05) is 17.9 Å². The molecule has 3 heterocycles. The van der Waals surface area contributed by atoms with Gasteiger partial charge in [-0.2, -0.15) is 9.28 Å². The molecule has 1 saturated heterocycles. The predicted octanol–water partition coefficient (Wildman–Crippen LogP) is 5.70. The van der Waals surface area contributed by atoms with Crippen LogP contribution >= 0.6 is 11.3 Å². The quantitative estimate of drug-likeness (QED) is 0.139. The highest BCUT2D eigenvalue weighted by molar-refractivity contribution is 7.73. The first-order valence-corrected chi connectivity index (χ1v) is 15.9. The van der Waals surface area contributed by atoms with Gasteiger partial charge in [-0.15, -0.1) is 11.3 Å². The lowest BCUT2D eigenvalue weighted by atomic mass is 9.96. The van der Waals surface area contributed by atoms with E-state index in [4.69, 9.17) is 9.28 Å². The van der Waals surface area contributed by atoms with Crippen molar-refractivity contribution in [3.8, 4) is 28.2 Å². The Kier molecular flexibility index (Phi) is 8.90. The second kappa shape index (κ2) is 13.0. The van der Waals surface area contributed by atoms with E-state index in [9.17, 15) is 18.7 Å². The summed E-state index contributed by atoms with van der Waals surface area (Å²) in [5.74, 6) is 4.74. The third-order valence-corrected chi connectivity index (χ3v) is 9.27. The summed E-state index contributed by atoms with van der Waals surface area (Å²) in [6, 6.07) is 9.90. The average molecular weight is 622 g/mol. The van der Waals surface area contributed by atoms with Crippen LogP contribution < -0.4 is 0 Å². The van der Waals surface area contributed by atoms with Gasteiger partial charge < -0.3 is 5.11 Å². The number of thiol groups is 1. The van der Waals surface area contributed by atoms with E-state index in [1.807, 2.05) is 6.07 Å². The van der Waals surface area contributed by atoms with Crippen molar-refractivity contribution in [2.45, 2.75) is 43.4 Å². The number of likely N-dealkylation sites (tertiary alicyclic amines) is 1. The van der Waals surface area contributed by atoms with E-state index in [0.717, 1.165) is 62.0 Å². The molecule has 2 fully saturated rings. The molecule has 0 bridgehead atoms. The maximum atomic E-state index is 14.9. The summed E-state index contributed by atoms with van der Waals surface area (Å²) in [5, 5.41) is 16.4. The number of aromatic carboxylic acids is 1. The molecule has 222 valence electrons. The summed E-state index contributed by atoms with van der Waals surface area (Å²) < 4.78 is 36.7. The molecule has 0 unspecified atom stereocenters. The molecule has 1 N–H and O–H groups in total. The number of aromatic nitrogens is 3. The molecule has 0 radical (unpaired) electrons. The van der Waals surface area contributed by atoms with Gasteiger partial charge in [0, 0.05) is 22.9 Å². The minimum Gasteiger partial charge on any atom is -0.476 e. The van der Waals surface area contributed by atoms with Crippen LogP contribution in [0.2, 0.25) is 0 Å². The number of thiazole rings is 1. The standard InChI is InChI=1S/C32H30F2N4O3S2/c1-41-43-29-11-8-21(16-26(29)34)15-24-28(17-20-6-7-20)38(32-35-27(19-42-32)31(39)40)36-30(24)23-9-10-25(33)22(18-23)5-4-14-37-12-2-3-13-37/h8-11,16,18-20H,2-3,6-7,12-15,17H2,1H3,(H,39,40)/p+1. The molecule has 1 aliphatic heterocycles. The van der Waals surface area contributed by atoms with Crippen LogP contribution in [0.25, 0.3) is 16.4 Å². The molecule has 0 amide bonds. The topological polar surface area (TPSA) is 80.5 Å². The number of nitrogens with zero attached hydrogens (tertiary/aromatic N) is 4. The van der Waals surface area contributed by atoms with Crippen molar-refractivity contribution in [1.82, 2.24) is 19.7 Å². The number of carbonyl (C=O) groups is 1. The fourth-order valence-electron chi connectivity index (χ4n) is 5.32. The van der Waals surface area contributed by atoms with Gasteiger partial charge in [0.1, 0.15) is 5.82 Å². The van der Waals surface area contributed by atoms with Gasteiger partial charge in [0.25, 0.3) is 0 Å². The van der Waals surface area contributed by atoms with Gasteiger partial charge in [0.15, 0.2) is 23.6 Å². The molecule has 0 spiro atoms. The molecule has 2 aromatic heterocycles. The Labute approximate surface area is 257 Å². The first-order chi connectivity index (χ1) is 20.9. The molecule has 0 atom stereocenters.